The van der Waals surface area contributed by atoms with Crippen LogP contribution in [0.4, 0.5) is 5.82 Å². The molecule has 0 saturated carbocycles. The predicted molar refractivity (Wildman–Crippen MR) is 67.9 cm³/mol. The van der Waals surface area contributed by atoms with Gasteiger partial charge in [0.1, 0.15) is 17.6 Å². The molecule has 2 rings (SSSR count). The highest BCUT2D eigenvalue weighted by Gasteiger charge is 2.16. The molecule has 1 saturated heterocycles. The molecule has 1 amide bonds. The van der Waals surface area contributed by atoms with Gasteiger partial charge in [0.05, 0.1) is 0 Å². The lowest BCUT2D eigenvalue weighted by atomic mass is 10.3. The molecule has 2 heterocycles. The highest BCUT2D eigenvalue weighted by molar-refractivity contribution is 5.76. The van der Waals surface area contributed by atoms with Crippen LogP contribution in [0.25, 0.3) is 0 Å². The van der Waals surface area contributed by atoms with Crippen LogP contribution in [-0.4, -0.2) is 35.4 Å². The van der Waals surface area contributed by atoms with Crippen molar-refractivity contribution in [3.8, 4) is 6.07 Å². The maximum atomic E-state index is 11.8. The Kier molecular flexibility index (Phi) is 4.13. The quantitative estimate of drug-likeness (QED) is 0.868. The summed E-state index contributed by atoms with van der Waals surface area (Å²) in [6, 6.07) is 7.21. The number of nitrogens with zero attached hydrogens (tertiary/aromatic N) is 3. The van der Waals surface area contributed by atoms with E-state index in [9.17, 15) is 4.79 Å². The molecule has 0 radical (unpaired) electrons. The number of amides is 1. The molecule has 18 heavy (non-hydrogen) atoms. The fraction of sp³-hybridized carbons (Fsp3) is 0.462. The Hall–Kier alpha value is -2.09. The lowest BCUT2D eigenvalue weighted by Crippen LogP contribution is -2.29. The number of hydrogen-bond acceptors (Lipinski definition) is 4. The summed E-state index contributed by atoms with van der Waals surface area (Å²) in [5.41, 5.74) is 0.380. The first-order chi connectivity index (χ1) is 8.79. The molecule has 1 N–H and O–H groups in total. The predicted octanol–water partition coefficient (Wildman–Crippen LogP) is 1.38. The van der Waals surface area contributed by atoms with E-state index in [1.807, 2.05) is 11.0 Å². The van der Waals surface area contributed by atoms with Gasteiger partial charge in [0, 0.05) is 26.1 Å². The fourth-order valence-corrected chi connectivity index (χ4v) is 2.02. The second-order valence-electron chi connectivity index (χ2n) is 4.28. The molecule has 1 aromatic rings. The van der Waals surface area contributed by atoms with Gasteiger partial charge in [-0.1, -0.05) is 6.07 Å². The van der Waals surface area contributed by atoms with Crippen LogP contribution < -0.4 is 5.32 Å². The van der Waals surface area contributed by atoms with Crippen molar-refractivity contribution in [1.29, 1.82) is 5.26 Å². The SMILES string of the molecule is N#Cc1cccc(NCCC(=O)N2CCCC2)n1. The summed E-state index contributed by atoms with van der Waals surface area (Å²) in [5, 5.41) is 11.8. The molecule has 1 aliphatic heterocycles. The molecule has 0 unspecified atom stereocenters. The first kappa shape index (κ1) is 12.4. The molecule has 1 aromatic heterocycles. The summed E-state index contributed by atoms with van der Waals surface area (Å²) in [6.07, 6.45) is 2.70. The second-order valence-corrected chi connectivity index (χ2v) is 4.28. The number of aromatic nitrogens is 1. The first-order valence-corrected chi connectivity index (χ1v) is 6.18. The highest BCUT2D eigenvalue weighted by Crippen LogP contribution is 2.09. The average Bonchev–Trinajstić information content (AvgIpc) is 2.93. The van der Waals surface area contributed by atoms with Gasteiger partial charge in [-0.3, -0.25) is 4.79 Å². The van der Waals surface area contributed by atoms with E-state index in [0.29, 0.717) is 24.5 Å². The van der Waals surface area contributed by atoms with Crippen molar-refractivity contribution in [2.75, 3.05) is 25.0 Å². The van der Waals surface area contributed by atoms with Gasteiger partial charge < -0.3 is 10.2 Å². The lowest BCUT2D eigenvalue weighted by molar-refractivity contribution is -0.129. The first-order valence-electron chi connectivity index (χ1n) is 6.18. The molecule has 5 nitrogen and oxygen atoms in total. The molecule has 0 bridgehead atoms. The average molecular weight is 244 g/mol. The number of pyridine rings is 1. The topological polar surface area (TPSA) is 69.0 Å². The Morgan fingerprint density at radius 1 is 1.44 bits per heavy atom. The molecule has 1 aliphatic rings. The van der Waals surface area contributed by atoms with Crippen LogP contribution in [0.2, 0.25) is 0 Å². The zero-order chi connectivity index (χ0) is 12.8. The number of carbonyl (C=O) groups is 1. The van der Waals surface area contributed by atoms with Crippen LogP contribution in [0.3, 0.4) is 0 Å². The molecule has 0 aromatic carbocycles. The summed E-state index contributed by atoms with van der Waals surface area (Å²) >= 11 is 0. The zero-order valence-corrected chi connectivity index (χ0v) is 10.2. The number of nitrogens with one attached hydrogen (secondary N) is 1. The number of hydrogen-bond donors (Lipinski definition) is 1. The van der Waals surface area contributed by atoms with Crippen molar-refractivity contribution in [1.82, 2.24) is 9.88 Å². The van der Waals surface area contributed by atoms with E-state index in [-0.39, 0.29) is 5.91 Å². The minimum absolute atomic E-state index is 0.191. The van der Waals surface area contributed by atoms with Crippen LogP contribution >= 0.6 is 0 Å². The van der Waals surface area contributed by atoms with Crippen molar-refractivity contribution in [3.05, 3.63) is 23.9 Å². The van der Waals surface area contributed by atoms with Crippen LogP contribution in [0.15, 0.2) is 18.2 Å². The normalized spacial score (nSPS) is 14.3. The fourth-order valence-electron chi connectivity index (χ4n) is 2.02. The number of anilines is 1. The number of carbonyl (C=O) groups excluding carboxylic acids is 1. The molecule has 5 heteroatoms. The Balaban J connectivity index is 1.77. The Morgan fingerprint density at radius 2 is 2.22 bits per heavy atom. The Bertz CT molecular complexity index is 460. The molecule has 0 atom stereocenters. The van der Waals surface area contributed by atoms with Crippen molar-refractivity contribution >= 4 is 11.7 Å². The summed E-state index contributed by atoms with van der Waals surface area (Å²) < 4.78 is 0. The molecule has 0 spiro atoms. The van der Waals surface area contributed by atoms with E-state index in [1.165, 1.54) is 0 Å². The van der Waals surface area contributed by atoms with E-state index in [2.05, 4.69) is 10.3 Å². The van der Waals surface area contributed by atoms with Crippen LogP contribution in [0.1, 0.15) is 25.0 Å². The standard InChI is InChI=1S/C13H16N4O/c14-10-11-4-3-5-12(16-11)15-7-6-13(18)17-8-1-2-9-17/h3-5H,1-2,6-9H2,(H,15,16). The summed E-state index contributed by atoms with van der Waals surface area (Å²) in [4.78, 5) is 17.8. The molecule has 1 fully saturated rings. The molecule has 0 aliphatic carbocycles. The van der Waals surface area contributed by atoms with Gasteiger partial charge >= 0.3 is 0 Å². The van der Waals surface area contributed by atoms with Crippen LogP contribution in [0, 0.1) is 11.3 Å². The lowest BCUT2D eigenvalue weighted by Gasteiger charge is -2.15. The van der Waals surface area contributed by atoms with Crippen molar-refractivity contribution in [2.45, 2.75) is 19.3 Å². The second kappa shape index (κ2) is 6.01. The van der Waals surface area contributed by atoms with E-state index in [1.54, 1.807) is 18.2 Å². The van der Waals surface area contributed by atoms with E-state index < -0.39 is 0 Å². The summed E-state index contributed by atoms with van der Waals surface area (Å²) in [7, 11) is 0. The number of rotatable bonds is 4. The van der Waals surface area contributed by atoms with E-state index in [0.717, 1.165) is 25.9 Å². The van der Waals surface area contributed by atoms with Gasteiger partial charge in [0.2, 0.25) is 5.91 Å². The van der Waals surface area contributed by atoms with E-state index >= 15 is 0 Å². The maximum Gasteiger partial charge on any atom is 0.224 e. The summed E-state index contributed by atoms with van der Waals surface area (Å²) in [6.45, 7) is 2.33. The monoisotopic (exact) mass is 244 g/mol. The maximum absolute atomic E-state index is 11.8. The van der Waals surface area contributed by atoms with Crippen molar-refractivity contribution < 1.29 is 4.79 Å². The molecular formula is C13H16N4O. The van der Waals surface area contributed by atoms with Gasteiger partial charge in [-0.2, -0.15) is 5.26 Å². The van der Waals surface area contributed by atoms with Crippen LogP contribution in [0.5, 0.6) is 0 Å². The zero-order valence-electron chi connectivity index (χ0n) is 10.2. The third kappa shape index (κ3) is 3.20. The van der Waals surface area contributed by atoms with E-state index in [4.69, 9.17) is 5.26 Å². The smallest absolute Gasteiger partial charge is 0.224 e. The van der Waals surface area contributed by atoms with Crippen LogP contribution in [-0.2, 0) is 4.79 Å². The largest absolute Gasteiger partial charge is 0.370 e. The number of likely N-dealkylation sites (tertiary alicyclic amines) is 1. The molecule has 94 valence electrons. The van der Waals surface area contributed by atoms with Gasteiger partial charge in [-0.25, -0.2) is 4.98 Å². The van der Waals surface area contributed by atoms with Gasteiger partial charge in [-0.05, 0) is 25.0 Å². The van der Waals surface area contributed by atoms with Gasteiger partial charge in [0.25, 0.3) is 0 Å². The molecular weight excluding hydrogens is 228 g/mol. The highest BCUT2D eigenvalue weighted by atomic mass is 16.2. The minimum Gasteiger partial charge on any atom is -0.370 e. The van der Waals surface area contributed by atoms with Gasteiger partial charge in [-0.15, -0.1) is 0 Å². The number of nitriles is 1. The summed E-state index contributed by atoms with van der Waals surface area (Å²) in [5.74, 6) is 0.833. The third-order valence-corrected chi connectivity index (χ3v) is 2.97. The minimum atomic E-state index is 0.191. The van der Waals surface area contributed by atoms with Gasteiger partial charge in [0.15, 0.2) is 0 Å². The third-order valence-electron chi connectivity index (χ3n) is 2.97. The Morgan fingerprint density at radius 3 is 2.94 bits per heavy atom. The Labute approximate surface area is 106 Å². The van der Waals surface area contributed by atoms with Crippen molar-refractivity contribution in [2.24, 2.45) is 0 Å². The van der Waals surface area contributed by atoms with Crippen molar-refractivity contribution in [3.63, 3.8) is 0 Å².